The summed E-state index contributed by atoms with van der Waals surface area (Å²) in [6.07, 6.45) is 2.05. The lowest BCUT2D eigenvalue weighted by molar-refractivity contribution is 0.0494. The lowest BCUT2D eigenvalue weighted by atomic mass is 9.90. The standard InChI is InChI=1S/C29H36NO2P/c1-7-29(8-2,26-19-13-14-21(3)27(26)32-20-31-6)33-28-22(4)15-12-18-25(28)23(5)30-24-16-10-9-11-17-24/h9-19,33H,7-8,20H2,1-6H3. The Hall–Kier alpha value is -2.48. The molecular weight excluding hydrogens is 425 g/mol. The zero-order valence-corrected chi connectivity index (χ0v) is 21.7. The van der Waals surface area contributed by atoms with Gasteiger partial charge in [0.25, 0.3) is 0 Å². The van der Waals surface area contributed by atoms with Gasteiger partial charge in [0, 0.05) is 29.1 Å². The fourth-order valence-corrected chi connectivity index (χ4v) is 6.19. The third-order valence-electron chi connectivity index (χ3n) is 6.34. The van der Waals surface area contributed by atoms with E-state index >= 15 is 0 Å². The highest BCUT2D eigenvalue weighted by molar-refractivity contribution is 7.49. The van der Waals surface area contributed by atoms with E-state index in [4.69, 9.17) is 14.5 Å². The Bertz CT molecular complexity index is 1090. The molecule has 0 N–H and O–H groups in total. The lowest BCUT2D eigenvalue weighted by Gasteiger charge is -2.35. The van der Waals surface area contributed by atoms with Gasteiger partial charge >= 0.3 is 0 Å². The van der Waals surface area contributed by atoms with Gasteiger partial charge in [0.2, 0.25) is 0 Å². The minimum Gasteiger partial charge on any atom is -0.467 e. The number of methoxy groups -OCH3 is 1. The van der Waals surface area contributed by atoms with Crippen LogP contribution in [0.25, 0.3) is 0 Å². The van der Waals surface area contributed by atoms with Gasteiger partial charge in [-0.2, -0.15) is 0 Å². The summed E-state index contributed by atoms with van der Waals surface area (Å²) in [5.74, 6) is 0.959. The summed E-state index contributed by atoms with van der Waals surface area (Å²) in [5.41, 5.74) is 7.00. The maximum absolute atomic E-state index is 6.11. The van der Waals surface area contributed by atoms with Crippen LogP contribution >= 0.6 is 8.58 Å². The highest BCUT2D eigenvalue weighted by Crippen LogP contribution is 2.51. The summed E-state index contributed by atoms with van der Waals surface area (Å²) in [7, 11) is 2.26. The van der Waals surface area contributed by atoms with Crippen molar-refractivity contribution in [3.63, 3.8) is 0 Å². The molecule has 1 unspecified atom stereocenters. The Kier molecular flexibility index (Phi) is 8.83. The van der Waals surface area contributed by atoms with Crippen LogP contribution in [0.2, 0.25) is 0 Å². The summed E-state index contributed by atoms with van der Waals surface area (Å²) in [5, 5.41) is 1.36. The van der Waals surface area contributed by atoms with Gasteiger partial charge in [0.15, 0.2) is 6.79 Å². The fourth-order valence-electron chi connectivity index (χ4n) is 4.34. The number of aliphatic imine (C=N–C) groups is 1. The Morgan fingerprint density at radius 2 is 1.55 bits per heavy atom. The number of aryl methyl sites for hydroxylation is 2. The zero-order chi connectivity index (χ0) is 23.8. The van der Waals surface area contributed by atoms with E-state index in [-0.39, 0.29) is 11.9 Å². The first-order chi connectivity index (χ1) is 16.0. The highest BCUT2D eigenvalue weighted by Gasteiger charge is 2.34. The average Bonchev–Trinajstić information content (AvgIpc) is 2.83. The minimum atomic E-state index is -0.0248. The molecule has 1 atom stereocenters. The normalized spacial score (nSPS) is 12.5. The van der Waals surface area contributed by atoms with Gasteiger partial charge in [-0.05, 0) is 62.2 Å². The number of nitrogens with zero attached hydrogens (tertiary/aromatic N) is 1. The number of para-hydroxylation sites is 2. The van der Waals surface area contributed by atoms with Crippen LogP contribution < -0.4 is 10.0 Å². The summed E-state index contributed by atoms with van der Waals surface area (Å²) in [6, 6.07) is 23.3. The van der Waals surface area contributed by atoms with Gasteiger partial charge in [-0.3, -0.25) is 4.99 Å². The molecule has 0 heterocycles. The third kappa shape index (κ3) is 5.72. The molecule has 0 bridgehead atoms. The molecule has 3 rings (SSSR count). The SMILES string of the molecule is CCC(CC)(Pc1c(C)cccc1C(C)=Nc1ccccc1)c1cccc(C)c1OCOC. The molecule has 0 aromatic heterocycles. The fraction of sp³-hybridized carbons (Fsp3) is 0.345. The van der Waals surface area contributed by atoms with Crippen LogP contribution in [0.3, 0.4) is 0 Å². The highest BCUT2D eigenvalue weighted by atomic mass is 31.1. The number of hydrogen-bond acceptors (Lipinski definition) is 3. The Labute approximate surface area is 201 Å². The van der Waals surface area contributed by atoms with Crippen molar-refractivity contribution in [2.75, 3.05) is 13.9 Å². The molecule has 3 aromatic carbocycles. The van der Waals surface area contributed by atoms with Crippen molar-refractivity contribution in [3.05, 3.63) is 89.0 Å². The predicted molar refractivity (Wildman–Crippen MR) is 143 cm³/mol. The first-order valence-corrected chi connectivity index (χ1v) is 12.7. The van der Waals surface area contributed by atoms with E-state index in [1.807, 2.05) is 18.2 Å². The van der Waals surface area contributed by atoms with E-state index in [9.17, 15) is 0 Å². The van der Waals surface area contributed by atoms with Gasteiger partial charge in [0.05, 0.1) is 5.69 Å². The Balaban J connectivity index is 2.11. The molecule has 33 heavy (non-hydrogen) atoms. The quantitative estimate of drug-likeness (QED) is 0.178. The van der Waals surface area contributed by atoms with Gasteiger partial charge < -0.3 is 9.47 Å². The van der Waals surface area contributed by atoms with Crippen LogP contribution in [0.1, 0.15) is 55.9 Å². The summed E-state index contributed by atoms with van der Waals surface area (Å²) in [6.45, 7) is 11.3. The molecule has 3 aromatic rings. The monoisotopic (exact) mass is 461 g/mol. The maximum Gasteiger partial charge on any atom is 0.188 e. The molecule has 0 amide bonds. The average molecular weight is 462 g/mol. The number of rotatable bonds is 10. The maximum atomic E-state index is 6.11. The Morgan fingerprint density at radius 1 is 0.879 bits per heavy atom. The molecule has 0 saturated heterocycles. The van der Waals surface area contributed by atoms with Gasteiger partial charge in [-0.1, -0.05) is 77.0 Å². The second kappa shape index (κ2) is 11.6. The van der Waals surface area contributed by atoms with Crippen LogP contribution in [0.4, 0.5) is 5.69 Å². The second-order valence-corrected chi connectivity index (χ2v) is 10.2. The number of ether oxygens (including phenoxy) is 2. The van der Waals surface area contributed by atoms with Crippen molar-refractivity contribution in [3.8, 4) is 5.75 Å². The lowest BCUT2D eigenvalue weighted by Crippen LogP contribution is -2.26. The van der Waals surface area contributed by atoms with Crippen LogP contribution in [0, 0.1) is 13.8 Å². The van der Waals surface area contributed by atoms with E-state index in [2.05, 4.69) is 83.1 Å². The molecule has 3 nitrogen and oxygen atoms in total. The molecule has 4 heteroatoms. The second-order valence-electron chi connectivity index (χ2n) is 8.45. The summed E-state index contributed by atoms with van der Waals surface area (Å²) in [4.78, 5) is 4.94. The largest absolute Gasteiger partial charge is 0.467 e. The van der Waals surface area contributed by atoms with E-state index in [0.29, 0.717) is 8.58 Å². The van der Waals surface area contributed by atoms with E-state index in [1.165, 1.54) is 22.0 Å². The molecule has 0 aliphatic carbocycles. The topological polar surface area (TPSA) is 30.8 Å². The van der Waals surface area contributed by atoms with Crippen LogP contribution in [0.15, 0.2) is 71.7 Å². The van der Waals surface area contributed by atoms with Gasteiger partial charge in [-0.25, -0.2) is 0 Å². The van der Waals surface area contributed by atoms with Crippen molar-refractivity contribution >= 4 is 25.3 Å². The molecule has 0 saturated carbocycles. The van der Waals surface area contributed by atoms with Crippen LogP contribution in [-0.2, 0) is 9.89 Å². The third-order valence-corrected chi connectivity index (χ3v) is 8.70. The first-order valence-electron chi connectivity index (χ1n) is 11.7. The molecule has 0 fully saturated rings. The predicted octanol–water partition coefficient (Wildman–Crippen LogP) is 7.45. The number of hydrogen-bond donors (Lipinski definition) is 0. The molecule has 0 radical (unpaired) electrons. The zero-order valence-electron chi connectivity index (χ0n) is 20.7. The van der Waals surface area contributed by atoms with E-state index in [1.54, 1.807) is 7.11 Å². The number of benzene rings is 3. The smallest absolute Gasteiger partial charge is 0.188 e. The molecular formula is C29H36NO2P. The van der Waals surface area contributed by atoms with Crippen molar-refractivity contribution in [1.29, 1.82) is 0 Å². The Morgan fingerprint density at radius 3 is 2.21 bits per heavy atom. The molecule has 0 aliphatic heterocycles. The van der Waals surface area contributed by atoms with Gasteiger partial charge in [0.1, 0.15) is 5.75 Å². The van der Waals surface area contributed by atoms with Crippen molar-refractivity contribution in [2.24, 2.45) is 4.99 Å². The molecule has 0 spiro atoms. The van der Waals surface area contributed by atoms with Crippen LogP contribution in [0.5, 0.6) is 5.75 Å². The van der Waals surface area contributed by atoms with E-state index in [0.717, 1.165) is 35.6 Å². The first kappa shape index (κ1) is 25.1. The molecule has 174 valence electrons. The van der Waals surface area contributed by atoms with Crippen molar-refractivity contribution < 1.29 is 9.47 Å². The van der Waals surface area contributed by atoms with E-state index < -0.39 is 0 Å². The summed E-state index contributed by atoms with van der Waals surface area (Å²) >= 11 is 0. The van der Waals surface area contributed by atoms with Crippen LogP contribution in [-0.4, -0.2) is 19.6 Å². The van der Waals surface area contributed by atoms with Crippen molar-refractivity contribution in [1.82, 2.24) is 0 Å². The molecule has 0 aliphatic rings. The van der Waals surface area contributed by atoms with Gasteiger partial charge in [-0.15, -0.1) is 0 Å². The minimum absolute atomic E-state index is 0.0248. The van der Waals surface area contributed by atoms with Crippen molar-refractivity contribution in [2.45, 2.75) is 52.6 Å². The summed E-state index contributed by atoms with van der Waals surface area (Å²) < 4.78 is 11.4.